The number of ether oxygens (including phenoxy) is 1. The van der Waals surface area contributed by atoms with E-state index in [9.17, 15) is 0 Å². The summed E-state index contributed by atoms with van der Waals surface area (Å²) in [6.45, 7) is 10.2. The lowest BCUT2D eigenvalue weighted by Gasteiger charge is -2.41. The Morgan fingerprint density at radius 2 is 1.61 bits per heavy atom. The summed E-state index contributed by atoms with van der Waals surface area (Å²) in [6, 6.07) is 0.740. The summed E-state index contributed by atoms with van der Waals surface area (Å²) >= 11 is 0. The predicted molar refractivity (Wildman–Crippen MR) is 76.7 cm³/mol. The van der Waals surface area contributed by atoms with Gasteiger partial charge in [0.1, 0.15) is 0 Å². The summed E-state index contributed by atoms with van der Waals surface area (Å²) in [5.74, 6) is 3.58. The Morgan fingerprint density at radius 3 is 2.17 bits per heavy atom. The minimum atomic E-state index is 0.740. The first-order valence-electron chi connectivity index (χ1n) is 8.01. The minimum absolute atomic E-state index is 0.740. The van der Waals surface area contributed by atoms with Crippen molar-refractivity contribution in [2.24, 2.45) is 23.7 Å². The van der Waals surface area contributed by atoms with Gasteiger partial charge in [0.15, 0.2) is 0 Å². The van der Waals surface area contributed by atoms with E-state index >= 15 is 0 Å². The largest absolute Gasteiger partial charge is 0.381 e. The number of rotatable bonds is 4. The summed E-state index contributed by atoms with van der Waals surface area (Å²) in [6.07, 6.45) is 6.82. The molecule has 1 heterocycles. The van der Waals surface area contributed by atoms with Gasteiger partial charge in [-0.3, -0.25) is 0 Å². The summed E-state index contributed by atoms with van der Waals surface area (Å²) < 4.78 is 5.53. The van der Waals surface area contributed by atoms with E-state index in [-0.39, 0.29) is 0 Å². The van der Waals surface area contributed by atoms with Crippen molar-refractivity contribution in [2.45, 2.75) is 58.9 Å². The van der Waals surface area contributed by atoms with Crippen LogP contribution in [0.25, 0.3) is 0 Å². The van der Waals surface area contributed by atoms with E-state index in [1.165, 1.54) is 32.1 Å². The Labute approximate surface area is 113 Å². The van der Waals surface area contributed by atoms with Crippen LogP contribution in [0.1, 0.15) is 52.9 Å². The molecule has 2 fully saturated rings. The van der Waals surface area contributed by atoms with E-state index in [0.29, 0.717) is 0 Å². The van der Waals surface area contributed by atoms with Gasteiger partial charge >= 0.3 is 0 Å². The molecule has 3 atom stereocenters. The molecule has 2 aliphatic rings. The van der Waals surface area contributed by atoms with Gasteiger partial charge in [0.2, 0.25) is 0 Å². The highest BCUT2D eigenvalue weighted by molar-refractivity contribution is 4.88. The Kier molecular flexibility index (Phi) is 5.50. The first-order chi connectivity index (χ1) is 8.70. The second-order valence-corrected chi connectivity index (χ2v) is 6.71. The van der Waals surface area contributed by atoms with Gasteiger partial charge in [0.05, 0.1) is 0 Å². The molecule has 1 aliphatic heterocycles. The number of hydrogen-bond acceptors (Lipinski definition) is 2. The maximum Gasteiger partial charge on any atom is 0.0469 e. The number of hydrogen-bond donors (Lipinski definition) is 1. The van der Waals surface area contributed by atoms with Crippen LogP contribution in [-0.2, 0) is 4.74 Å². The van der Waals surface area contributed by atoms with Crippen LogP contribution in [-0.4, -0.2) is 25.8 Å². The average Bonchev–Trinajstić information content (AvgIpc) is 2.36. The van der Waals surface area contributed by atoms with Crippen LogP contribution < -0.4 is 5.32 Å². The molecule has 18 heavy (non-hydrogen) atoms. The second-order valence-electron chi connectivity index (χ2n) is 6.71. The molecule has 0 amide bonds. The Hall–Kier alpha value is -0.0800. The molecule has 1 N–H and O–H groups in total. The van der Waals surface area contributed by atoms with Crippen molar-refractivity contribution in [1.82, 2.24) is 5.32 Å². The third kappa shape index (κ3) is 3.71. The molecule has 0 spiro atoms. The van der Waals surface area contributed by atoms with Crippen molar-refractivity contribution >= 4 is 0 Å². The fourth-order valence-electron chi connectivity index (χ4n) is 4.33. The van der Waals surface area contributed by atoms with Crippen molar-refractivity contribution in [3.8, 4) is 0 Å². The molecule has 0 aromatic heterocycles. The van der Waals surface area contributed by atoms with Crippen LogP contribution in [0.3, 0.4) is 0 Å². The zero-order valence-corrected chi connectivity index (χ0v) is 12.5. The lowest BCUT2D eigenvalue weighted by molar-refractivity contribution is 0.0345. The molecule has 2 heteroatoms. The first-order valence-corrected chi connectivity index (χ1v) is 8.01. The summed E-state index contributed by atoms with van der Waals surface area (Å²) in [5.41, 5.74) is 0. The smallest absolute Gasteiger partial charge is 0.0469 e. The van der Waals surface area contributed by atoms with Gasteiger partial charge in [-0.1, -0.05) is 20.8 Å². The van der Waals surface area contributed by atoms with E-state index in [0.717, 1.165) is 49.5 Å². The van der Waals surface area contributed by atoms with Gasteiger partial charge in [-0.15, -0.1) is 0 Å². The summed E-state index contributed by atoms with van der Waals surface area (Å²) in [7, 11) is 0. The van der Waals surface area contributed by atoms with Crippen molar-refractivity contribution in [3.63, 3.8) is 0 Å². The fraction of sp³-hybridized carbons (Fsp3) is 1.00. The molecule has 1 aliphatic carbocycles. The molecular formula is C16H31NO. The molecule has 2 rings (SSSR count). The standard InChI is InChI=1S/C16H31NO/c1-4-17-16(14-5-7-18-8-6-14)15-10-12(2)9-13(3)11-15/h12-17H,4-11H2,1-3H3. The van der Waals surface area contributed by atoms with Gasteiger partial charge in [0.25, 0.3) is 0 Å². The Balaban J connectivity index is 1.98. The Bertz CT molecular complexity index is 227. The van der Waals surface area contributed by atoms with E-state index in [4.69, 9.17) is 4.74 Å². The van der Waals surface area contributed by atoms with Crippen LogP contribution in [0, 0.1) is 23.7 Å². The predicted octanol–water partition coefficient (Wildman–Crippen LogP) is 3.46. The summed E-state index contributed by atoms with van der Waals surface area (Å²) in [5, 5.41) is 3.81. The molecule has 0 aromatic carbocycles. The van der Waals surface area contributed by atoms with Gasteiger partial charge in [0, 0.05) is 19.3 Å². The van der Waals surface area contributed by atoms with Gasteiger partial charge < -0.3 is 10.1 Å². The van der Waals surface area contributed by atoms with Crippen LogP contribution in [0.15, 0.2) is 0 Å². The van der Waals surface area contributed by atoms with Crippen LogP contribution in [0.4, 0.5) is 0 Å². The van der Waals surface area contributed by atoms with Crippen molar-refractivity contribution < 1.29 is 4.74 Å². The third-order valence-electron chi connectivity index (χ3n) is 4.94. The van der Waals surface area contributed by atoms with Crippen molar-refractivity contribution in [2.75, 3.05) is 19.8 Å². The average molecular weight is 253 g/mol. The van der Waals surface area contributed by atoms with Crippen molar-refractivity contribution in [1.29, 1.82) is 0 Å². The van der Waals surface area contributed by atoms with Crippen LogP contribution in [0.5, 0.6) is 0 Å². The first kappa shape index (κ1) is 14.3. The van der Waals surface area contributed by atoms with Crippen molar-refractivity contribution in [3.05, 3.63) is 0 Å². The highest BCUT2D eigenvalue weighted by Gasteiger charge is 2.34. The molecule has 2 nitrogen and oxygen atoms in total. The lowest BCUT2D eigenvalue weighted by Crippen LogP contribution is -2.46. The molecule has 106 valence electrons. The van der Waals surface area contributed by atoms with E-state index < -0.39 is 0 Å². The maximum atomic E-state index is 5.53. The van der Waals surface area contributed by atoms with E-state index in [1.54, 1.807) is 0 Å². The van der Waals surface area contributed by atoms with E-state index in [1.807, 2.05) is 0 Å². The highest BCUT2D eigenvalue weighted by Crippen LogP contribution is 2.38. The SMILES string of the molecule is CCNC(C1CCOCC1)C1CC(C)CC(C)C1. The molecular weight excluding hydrogens is 222 g/mol. The molecule has 0 bridgehead atoms. The topological polar surface area (TPSA) is 21.3 Å². The van der Waals surface area contributed by atoms with Gasteiger partial charge in [-0.25, -0.2) is 0 Å². The zero-order chi connectivity index (χ0) is 13.0. The minimum Gasteiger partial charge on any atom is -0.381 e. The monoisotopic (exact) mass is 253 g/mol. The Morgan fingerprint density at radius 1 is 1.00 bits per heavy atom. The van der Waals surface area contributed by atoms with E-state index in [2.05, 4.69) is 26.1 Å². The maximum absolute atomic E-state index is 5.53. The summed E-state index contributed by atoms with van der Waals surface area (Å²) in [4.78, 5) is 0. The van der Waals surface area contributed by atoms with Gasteiger partial charge in [-0.2, -0.15) is 0 Å². The second kappa shape index (κ2) is 6.91. The lowest BCUT2D eigenvalue weighted by atomic mass is 9.70. The number of nitrogens with one attached hydrogen (secondary N) is 1. The normalized spacial score (nSPS) is 36.5. The molecule has 0 aromatic rings. The molecule has 3 unspecified atom stereocenters. The molecule has 1 saturated heterocycles. The fourth-order valence-corrected chi connectivity index (χ4v) is 4.33. The van der Waals surface area contributed by atoms with Crippen LogP contribution in [0.2, 0.25) is 0 Å². The molecule has 0 radical (unpaired) electrons. The molecule has 1 saturated carbocycles. The highest BCUT2D eigenvalue weighted by atomic mass is 16.5. The van der Waals surface area contributed by atoms with Crippen LogP contribution >= 0.6 is 0 Å². The quantitative estimate of drug-likeness (QED) is 0.828. The third-order valence-corrected chi connectivity index (χ3v) is 4.94. The van der Waals surface area contributed by atoms with Gasteiger partial charge in [-0.05, 0) is 62.3 Å². The zero-order valence-electron chi connectivity index (χ0n) is 12.5.